The van der Waals surface area contributed by atoms with E-state index in [0.717, 1.165) is 13.0 Å². The van der Waals surface area contributed by atoms with Crippen molar-refractivity contribution in [2.75, 3.05) is 13.6 Å². The highest BCUT2D eigenvalue weighted by Crippen LogP contribution is 2.24. The fourth-order valence-corrected chi connectivity index (χ4v) is 2.23. The maximum atomic E-state index is 3.14. The van der Waals surface area contributed by atoms with Gasteiger partial charge < -0.3 is 5.32 Å². The average Bonchev–Trinajstić information content (AvgIpc) is 2.52. The molecule has 0 aromatic carbocycles. The van der Waals surface area contributed by atoms with Gasteiger partial charge in [-0.05, 0) is 56.4 Å². The van der Waals surface area contributed by atoms with Crippen molar-refractivity contribution in [1.29, 1.82) is 0 Å². The first-order valence-corrected chi connectivity index (χ1v) is 5.49. The van der Waals surface area contributed by atoms with Crippen molar-refractivity contribution in [3.63, 3.8) is 0 Å². The Morgan fingerprint density at radius 1 is 1.62 bits per heavy atom. The lowest BCUT2D eigenvalue weighted by molar-refractivity contribution is 0.808. The van der Waals surface area contributed by atoms with Gasteiger partial charge in [0, 0.05) is 4.88 Å². The molecule has 1 heterocycles. The molecule has 0 aliphatic heterocycles. The van der Waals surface area contributed by atoms with E-state index in [-0.39, 0.29) is 0 Å². The summed E-state index contributed by atoms with van der Waals surface area (Å²) in [5, 5.41) is 5.29. The van der Waals surface area contributed by atoms with Crippen molar-refractivity contribution in [3.8, 4) is 0 Å². The molecule has 1 rings (SSSR count). The van der Waals surface area contributed by atoms with Crippen LogP contribution in [0.1, 0.15) is 23.8 Å². The molecule has 13 heavy (non-hydrogen) atoms. The third kappa shape index (κ3) is 2.98. The molecule has 0 saturated heterocycles. The van der Waals surface area contributed by atoms with E-state index >= 15 is 0 Å². The Morgan fingerprint density at radius 2 is 2.38 bits per heavy atom. The van der Waals surface area contributed by atoms with E-state index in [1.54, 1.807) is 0 Å². The fourth-order valence-electron chi connectivity index (χ4n) is 1.30. The lowest BCUT2D eigenvalue weighted by Gasteiger charge is -1.99. The predicted molar refractivity (Wildman–Crippen MR) is 61.3 cm³/mol. The number of hydrogen-bond acceptors (Lipinski definition) is 2. The number of rotatable bonds is 4. The van der Waals surface area contributed by atoms with E-state index in [0.29, 0.717) is 0 Å². The molecule has 0 spiro atoms. The van der Waals surface area contributed by atoms with Crippen molar-refractivity contribution in [2.24, 2.45) is 0 Å². The smallest absolute Gasteiger partial charge is 0.0325 e. The monoisotopic (exact) mass is 195 g/mol. The van der Waals surface area contributed by atoms with E-state index in [4.69, 9.17) is 0 Å². The van der Waals surface area contributed by atoms with Crippen LogP contribution in [0.15, 0.2) is 17.5 Å². The van der Waals surface area contributed by atoms with E-state index in [9.17, 15) is 0 Å². The van der Waals surface area contributed by atoms with Crippen LogP contribution >= 0.6 is 11.3 Å². The Morgan fingerprint density at radius 3 is 2.92 bits per heavy atom. The molecule has 0 saturated carbocycles. The molecule has 0 aliphatic rings. The molecular formula is C11H17NS. The minimum atomic E-state index is 1.06. The molecule has 0 fully saturated rings. The van der Waals surface area contributed by atoms with Gasteiger partial charge in [0.1, 0.15) is 0 Å². The van der Waals surface area contributed by atoms with Gasteiger partial charge >= 0.3 is 0 Å². The van der Waals surface area contributed by atoms with E-state index in [1.165, 1.54) is 16.0 Å². The van der Waals surface area contributed by atoms with Crippen molar-refractivity contribution >= 4 is 16.9 Å². The van der Waals surface area contributed by atoms with Crippen LogP contribution in [0.5, 0.6) is 0 Å². The van der Waals surface area contributed by atoms with Gasteiger partial charge in [-0.25, -0.2) is 0 Å². The summed E-state index contributed by atoms with van der Waals surface area (Å²) < 4.78 is 0. The van der Waals surface area contributed by atoms with Crippen LogP contribution in [0, 0.1) is 6.92 Å². The van der Waals surface area contributed by atoms with Crippen LogP contribution in [0.3, 0.4) is 0 Å². The van der Waals surface area contributed by atoms with Crippen LogP contribution < -0.4 is 5.32 Å². The standard InChI is InChI=1S/C11H17NS/c1-9(5-4-7-12-3)11-10(2)6-8-13-11/h5-6,8,12H,4,7H2,1-3H3. The molecule has 1 aromatic heterocycles. The SMILES string of the molecule is CNCCC=C(C)c1sccc1C. The van der Waals surface area contributed by atoms with Gasteiger partial charge in [-0.15, -0.1) is 11.3 Å². The number of thiophene rings is 1. The minimum Gasteiger partial charge on any atom is -0.319 e. The third-order valence-corrected chi connectivity index (χ3v) is 3.22. The van der Waals surface area contributed by atoms with Gasteiger partial charge in [0.05, 0.1) is 0 Å². The van der Waals surface area contributed by atoms with Crippen molar-refractivity contribution in [3.05, 3.63) is 28.0 Å². The summed E-state index contributed by atoms with van der Waals surface area (Å²) in [5.74, 6) is 0. The van der Waals surface area contributed by atoms with Crippen LogP contribution in [-0.4, -0.2) is 13.6 Å². The van der Waals surface area contributed by atoms with Gasteiger partial charge in [0.25, 0.3) is 0 Å². The first-order valence-electron chi connectivity index (χ1n) is 4.61. The van der Waals surface area contributed by atoms with Gasteiger partial charge in [0.2, 0.25) is 0 Å². The molecule has 1 N–H and O–H groups in total. The summed E-state index contributed by atoms with van der Waals surface area (Å²) in [4.78, 5) is 1.43. The maximum absolute atomic E-state index is 3.14. The maximum Gasteiger partial charge on any atom is 0.0325 e. The van der Waals surface area contributed by atoms with Gasteiger partial charge in [0.15, 0.2) is 0 Å². The second-order valence-electron chi connectivity index (χ2n) is 3.21. The molecule has 0 unspecified atom stereocenters. The second kappa shape index (κ2) is 5.20. The van der Waals surface area contributed by atoms with Crippen LogP contribution in [-0.2, 0) is 0 Å². The number of nitrogens with one attached hydrogen (secondary N) is 1. The molecular weight excluding hydrogens is 178 g/mol. The van der Waals surface area contributed by atoms with Crippen LogP contribution in [0.2, 0.25) is 0 Å². The van der Waals surface area contributed by atoms with Gasteiger partial charge in [-0.2, -0.15) is 0 Å². The second-order valence-corrected chi connectivity index (χ2v) is 4.13. The topological polar surface area (TPSA) is 12.0 Å². The van der Waals surface area contributed by atoms with Crippen LogP contribution in [0.25, 0.3) is 5.57 Å². The molecule has 1 nitrogen and oxygen atoms in total. The Bertz CT molecular complexity index is 286. The lowest BCUT2D eigenvalue weighted by atomic mass is 10.1. The molecule has 2 heteroatoms. The molecule has 72 valence electrons. The highest BCUT2D eigenvalue weighted by atomic mass is 32.1. The Hall–Kier alpha value is -0.600. The highest BCUT2D eigenvalue weighted by Gasteiger charge is 2.00. The average molecular weight is 195 g/mol. The number of aryl methyl sites for hydroxylation is 1. The summed E-state index contributed by atoms with van der Waals surface area (Å²) in [6.45, 7) is 5.41. The van der Waals surface area contributed by atoms with Crippen molar-refractivity contribution in [2.45, 2.75) is 20.3 Å². The first kappa shape index (κ1) is 10.5. The summed E-state index contributed by atoms with van der Waals surface area (Å²) in [6, 6.07) is 2.18. The predicted octanol–water partition coefficient (Wildman–Crippen LogP) is 3.07. The molecule has 1 aromatic rings. The molecule has 0 bridgehead atoms. The fraction of sp³-hybridized carbons (Fsp3) is 0.455. The Labute approximate surface area is 84.5 Å². The Balaban J connectivity index is 2.62. The molecule has 0 atom stereocenters. The summed E-state index contributed by atoms with van der Waals surface area (Å²) in [5.41, 5.74) is 2.80. The summed E-state index contributed by atoms with van der Waals surface area (Å²) in [6.07, 6.45) is 3.41. The number of hydrogen-bond donors (Lipinski definition) is 1. The zero-order valence-electron chi connectivity index (χ0n) is 8.55. The third-order valence-electron chi connectivity index (χ3n) is 2.07. The normalized spacial score (nSPS) is 12.1. The summed E-state index contributed by atoms with van der Waals surface area (Å²) >= 11 is 1.83. The van der Waals surface area contributed by atoms with Crippen molar-refractivity contribution < 1.29 is 0 Å². The molecule has 0 aliphatic carbocycles. The molecule has 0 radical (unpaired) electrons. The zero-order chi connectivity index (χ0) is 9.68. The Kier molecular flexibility index (Phi) is 4.19. The van der Waals surface area contributed by atoms with Gasteiger partial charge in [-0.1, -0.05) is 6.08 Å². The van der Waals surface area contributed by atoms with E-state index < -0.39 is 0 Å². The van der Waals surface area contributed by atoms with Crippen molar-refractivity contribution in [1.82, 2.24) is 5.32 Å². The first-order chi connectivity index (χ1) is 6.25. The summed E-state index contributed by atoms with van der Waals surface area (Å²) in [7, 11) is 1.99. The van der Waals surface area contributed by atoms with Crippen LogP contribution in [0.4, 0.5) is 0 Å². The number of allylic oxidation sites excluding steroid dienone is 1. The lowest BCUT2D eigenvalue weighted by Crippen LogP contribution is -2.05. The highest BCUT2D eigenvalue weighted by molar-refractivity contribution is 7.11. The van der Waals surface area contributed by atoms with E-state index in [2.05, 4.69) is 36.7 Å². The quantitative estimate of drug-likeness (QED) is 0.728. The largest absolute Gasteiger partial charge is 0.319 e. The zero-order valence-corrected chi connectivity index (χ0v) is 9.37. The van der Waals surface area contributed by atoms with E-state index in [1.807, 2.05) is 18.4 Å². The van der Waals surface area contributed by atoms with Gasteiger partial charge in [-0.3, -0.25) is 0 Å². The minimum absolute atomic E-state index is 1.06. The molecule has 0 amide bonds.